The van der Waals surface area contributed by atoms with E-state index in [9.17, 15) is 13.6 Å². The Bertz CT molecular complexity index is 693. The van der Waals surface area contributed by atoms with E-state index in [4.69, 9.17) is 17.0 Å². The normalized spacial score (nSPS) is 10.9. The molecule has 1 aromatic heterocycles. The number of hydrogen-bond donors (Lipinski definition) is 1. The molecule has 0 bridgehead atoms. The first-order chi connectivity index (χ1) is 9.54. The number of H-pyrrole nitrogens is 1. The van der Waals surface area contributed by atoms with Gasteiger partial charge in [-0.25, -0.2) is 8.78 Å². The lowest BCUT2D eigenvalue weighted by Crippen LogP contribution is -2.07. The van der Waals surface area contributed by atoms with Gasteiger partial charge in [-0.1, -0.05) is 0 Å². The van der Waals surface area contributed by atoms with Crippen LogP contribution in [0.15, 0.2) is 12.1 Å². The fourth-order valence-electron chi connectivity index (χ4n) is 2.02. The van der Waals surface area contributed by atoms with Crippen molar-refractivity contribution in [3.63, 3.8) is 0 Å². The van der Waals surface area contributed by atoms with Gasteiger partial charge in [0, 0.05) is 13.0 Å². The fraction of sp³-hybridized carbons (Fsp3) is 0.385. The number of fused-ring (bicyclic) bond motifs is 1. The average molecular weight is 300 g/mol. The summed E-state index contributed by atoms with van der Waals surface area (Å²) in [5.74, 6) is -2.18. The second kappa shape index (κ2) is 6.13. The summed E-state index contributed by atoms with van der Waals surface area (Å²) in [6, 6.07) is 2.48. The predicted octanol–water partition coefficient (Wildman–Crippen LogP) is 3.32. The van der Waals surface area contributed by atoms with Crippen LogP contribution in [0.1, 0.15) is 19.8 Å². The van der Waals surface area contributed by atoms with E-state index in [1.54, 1.807) is 6.92 Å². The predicted molar refractivity (Wildman–Crippen MR) is 72.9 cm³/mol. The number of esters is 1. The molecule has 7 heteroatoms. The number of nitrogens with one attached hydrogen (secondary N) is 1. The molecule has 0 aliphatic carbocycles. The molecule has 2 aromatic rings. The van der Waals surface area contributed by atoms with Crippen LogP contribution >= 0.6 is 12.2 Å². The number of hydrogen-bond acceptors (Lipinski definition) is 3. The van der Waals surface area contributed by atoms with Gasteiger partial charge in [0.1, 0.15) is 5.52 Å². The van der Waals surface area contributed by atoms with Crippen LogP contribution in [0.3, 0.4) is 0 Å². The summed E-state index contributed by atoms with van der Waals surface area (Å²) >= 11 is 5.09. The Kier molecular flexibility index (Phi) is 4.49. The van der Waals surface area contributed by atoms with Gasteiger partial charge in [0.15, 0.2) is 16.4 Å². The Hall–Kier alpha value is -1.76. The summed E-state index contributed by atoms with van der Waals surface area (Å²) in [5.41, 5.74) is 0.531. The van der Waals surface area contributed by atoms with Crippen LogP contribution in [-0.2, 0) is 16.1 Å². The Morgan fingerprint density at radius 1 is 1.45 bits per heavy atom. The van der Waals surface area contributed by atoms with E-state index in [1.807, 2.05) is 0 Å². The molecule has 0 spiro atoms. The summed E-state index contributed by atoms with van der Waals surface area (Å²) in [5, 5.41) is 0. The van der Waals surface area contributed by atoms with E-state index in [0.717, 1.165) is 6.07 Å². The number of halogens is 2. The molecule has 20 heavy (non-hydrogen) atoms. The number of aromatic amines is 1. The molecule has 0 saturated heterocycles. The quantitative estimate of drug-likeness (QED) is 0.680. The van der Waals surface area contributed by atoms with Crippen molar-refractivity contribution in [3.05, 3.63) is 28.5 Å². The van der Waals surface area contributed by atoms with Crippen molar-refractivity contribution in [2.24, 2.45) is 0 Å². The number of aromatic nitrogens is 2. The molecule has 0 amide bonds. The number of ether oxygens (including phenoxy) is 1. The minimum atomic E-state index is -0.939. The fourth-order valence-corrected chi connectivity index (χ4v) is 2.31. The second-order valence-corrected chi connectivity index (χ2v) is 4.63. The molecule has 0 fully saturated rings. The average Bonchev–Trinajstić information content (AvgIpc) is 2.72. The summed E-state index contributed by atoms with van der Waals surface area (Å²) in [7, 11) is 0. The van der Waals surface area contributed by atoms with Crippen LogP contribution in [0.2, 0.25) is 0 Å². The first kappa shape index (κ1) is 14.6. The molecular weight excluding hydrogens is 286 g/mol. The van der Waals surface area contributed by atoms with Crippen LogP contribution in [0, 0.1) is 16.4 Å². The highest BCUT2D eigenvalue weighted by Crippen LogP contribution is 2.21. The zero-order chi connectivity index (χ0) is 14.7. The number of benzene rings is 1. The van der Waals surface area contributed by atoms with Crippen molar-refractivity contribution >= 4 is 29.2 Å². The van der Waals surface area contributed by atoms with Gasteiger partial charge >= 0.3 is 5.97 Å². The monoisotopic (exact) mass is 300 g/mol. The minimum Gasteiger partial charge on any atom is -0.466 e. The van der Waals surface area contributed by atoms with Gasteiger partial charge in [-0.2, -0.15) is 0 Å². The maximum atomic E-state index is 13.8. The SMILES string of the molecule is CCOC(=O)CCCn1c(=S)[nH]c2ccc(F)c(F)c21. The molecule has 0 aliphatic heterocycles. The topological polar surface area (TPSA) is 47.0 Å². The lowest BCUT2D eigenvalue weighted by atomic mass is 10.2. The van der Waals surface area contributed by atoms with Crippen molar-refractivity contribution in [2.45, 2.75) is 26.3 Å². The third-order valence-corrected chi connectivity index (χ3v) is 3.22. The Balaban J connectivity index is 2.22. The molecule has 0 atom stereocenters. The van der Waals surface area contributed by atoms with Gasteiger partial charge in [0.05, 0.1) is 12.1 Å². The number of carbonyl (C=O) groups excluding carboxylic acids is 1. The smallest absolute Gasteiger partial charge is 0.305 e. The molecule has 1 N–H and O–H groups in total. The van der Waals surface area contributed by atoms with Crippen LogP contribution in [0.4, 0.5) is 8.78 Å². The largest absolute Gasteiger partial charge is 0.466 e. The highest BCUT2D eigenvalue weighted by molar-refractivity contribution is 7.71. The van der Waals surface area contributed by atoms with Crippen molar-refractivity contribution in [3.8, 4) is 0 Å². The standard InChI is InChI=1S/C13H14F2N2O2S/c1-2-19-10(18)4-3-7-17-12-9(16-13(17)20)6-5-8(14)11(12)15/h5-6H,2-4,7H2,1H3,(H,16,20). The maximum Gasteiger partial charge on any atom is 0.305 e. The number of imidazole rings is 1. The first-order valence-electron chi connectivity index (χ1n) is 6.26. The van der Waals surface area contributed by atoms with Crippen LogP contribution < -0.4 is 0 Å². The molecule has 0 saturated carbocycles. The van der Waals surface area contributed by atoms with Gasteiger partial charge in [0.2, 0.25) is 0 Å². The zero-order valence-corrected chi connectivity index (χ0v) is 11.7. The summed E-state index contributed by atoms with van der Waals surface area (Å²) in [6.07, 6.45) is 0.648. The number of nitrogens with zero attached hydrogens (tertiary/aromatic N) is 1. The Morgan fingerprint density at radius 3 is 2.90 bits per heavy atom. The highest BCUT2D eigenvalue weighted by Gasteiger charge is 2.13. The van der Waals surface area contributed by atoms with Gasteiger partial charge in [-0.3, -0.25) is 4.79 Å². The molecule has 1 aromatic carbocycles. The van der Waals surface area contributed by atoms with Gasteiger partial charge in [0.25, 0.3) is 0 Å². The summed E-state index contributed by atoms with van der Waals surface area (Å²) in [4.78, 5) is 14.1. The van der Waals surface area contributed by atoms with Gasteiger partial charge < -0.3 is 14.3 Å². The van der Waals surface area contributed by atoms with Gasteiger partial charge in [-0.05, 0) is 37.7 Å². The molecule has 108 valence electrons. The van der Waals surface area contributed by atoms with E-state index in [1.165, 1.54) is 10.6 Å². The highest BCUT2D eigenvalue weighted by atomic mass is 32.1. The van der Waals surface area contributed by atoms with E-state index in [2.05, 4.69) is 4.98 Å². The van der Waals surface area contributed by atoms with Crippen LogP contribution in [0.25, 0.3) is 11.0 Å². The summed E-state index contributed by atoms with van der Waals surface area (Å²) < 4.78 is 33.7. The lowest BCUT2D eigenvalue weighted by Gasteiger charge is -2.05. The Morgan fingerprint density at radius 2 is 2.20 bits per heavy atom. The molecule has 0 unspecified atom stereocenters. The van der Waals surface area contributed by atoms with E-state index in [0.29, 0.717) is 29.9 Å². The zero-order valence-electron chi connectivity index (χ0n) is 10.9. The van der Waals surface area contributed by atoms with Crippen LogP contribution in [-0.4, -0.2) is 22.1 Å². The minimum absolute atomic E-state index is 0.0962. The molecule has 4 nitrogen and oxygen atoms in total. The molecule has 0 radical (unpaired) electrons. The van der Waals surface area contributed by atoms with E-state index in [-0.39, 0.29) is 17.9 Å². The van der Waals surface area contributed by atoms with Crippen LogP contribution in [0.5, 0.6) is 0 Å². The molecule has 1 heterocycles. The number of aryl methyl sites for hydroxylation is 1. The third-order valence-electron chi connectivity index (χ3n) is 2.89. The van der Waals surface area contributed by atoms with Gasteiger partial charge in [-0.15, -0.1) is 0 Å². The molecule has 0 aliphatic rings. The Labute approximate surface area is 119 Å². The maximum absolute atomic E-state index is 13.8. The third kappa shape index (κ3) is 2.87. The second-order valence-electron chi connectivity index (χ2n) is 4.25. The summed E-state index contributed by atoms with van der Waals surface area (Å²) in [6.45, 7) is 2.37. The van der Waals surface area contributed by atoms with Crippen molar-refractivity contribution < 1.29 is 18.3 Å². The number of carbonyl (C=O) groups is 1. The number of rotatable bonds is 5. The van der Waals surface area contributed by atoms with Crippen molar-refractivity contribution in [1.82, 2.24) is 9.55 Å². The molecule has 2 rings (SSSR count). The lowest BCUT2D eigenvalue weighted by molar-refractivity contribution is -0.143. The molecular formula is C13H14F2N2O2S. The van der Waals surface area contributed by atoms with Crippen molar-refractivity contribution in [1.29, 1.82) is 0 Å². The first-order valence-corrected chi connectivity index (χ1v) is 6.67. The van der Waals surface area contributed by atoms with Crippen molar-refractivity contribution in [2.75, 3.05) is 6.61 Å². The van der Waals surface area contributed by atoms with E-state index < -0.39 is 11.6 Å². The van der Waals surface area contributed by atoms with E-state index >= 15 is 0 Å².